The fourth-order valence-electron chi connectivity index (χ4n) is 1.63. The number of carbonyl (C=O) groups is 1. The number of carbonyl (C=O) groups excluding carboxylic acids is 1. The van der Waals surface area contributed by atoms with Crippen molar-refractivity contribution < 1.29 is 9.90 Å². The molecule has 2 rings (SSSR count). The lowest BCUT2D eigenvalue weighted by Crippen LogP contribution is -2.29. The van der Waals surface area contributed by atoms with Gasteiger partial charge in [0.05, 0.1) is 11.9 Å². The van der Waals surface area contributed by atoms with E-state index >= 15 is 0 Å². The molecule has 1 amide bonds. The largest absolute Gasteiger partial charge is 0.387 e. The lowest BCUT2D eigenvalue weighted by Gasteiger charge is -2.13. The van der Waals surface area contributed by atoms with Crippen LogP contribution in [0.2, 0.25) is 5.02 Å². The molecule has 6 nitrogen and oxygen atoms in total. The van der Waals surface area contributed by atoms with Crippen molar-refractivity contribution >= 4 is 29.3 Å². The summed E-state index contributed by atoms with van der Waals surface area (Å²) in [5.74, 6) is 0.688. The van der Waals surface area contributed by atoms with Crippen LogP contribution in [0.5, 0.6) is 0 Å². The molecule has 8 heteroatoms. The fraction of sp³-hybridized carbons (Fsp3) is 0.308. The number of halogens is 1. The van der Waals surface area contributed by atoms with E-state index in [1.807, 2.05) is 0 Å². The van der Waals surface area contributed by atoms with E-state index in [1.54, 1.807) is 31.2 Å². The normalized spacial score (nSPS) is 12.1. The zero-order valence-electron chi connectivity index (χ0n) is 11.3. The SMILES string of the molecule is Cc1nc(SCC(=O)NC[C@H](O)c2ccccc2Cl)n[nH]1. The predicted octanol–water partition coefficient (Wildman–Crippen LogP) is 1.71. The Morgan fingerprint density at radius 1 is 1.52 bits per heavy atom. The zero-order valence-corrected chi connectivity index (χ0v) is 12.9. The molecule has 0 saturated heterocycles. The molecule has 3 N–H and O–H groups in total. The Bertz CT molecular complexity index is 620. The van der Waals surface area contributed by atoms with Crippen molar-refractivity contribution in [3.8, 4) is 0 Å². The first kappa shape index (κ1) is 15.8. The third-order valence-electron chi connectivity index (χ3n) is 2.67. The number of rotatable bonds is 6. The lowest BCUT2D eigenvalue weighted by molar-refractivity contribution is -0.119. The van der Waals surface area contributed by atoms with E-state index in [0.29, 0.717) is 21.6 Å². The number of aromatic amines is 1. The molecule has 0 aliphatic heterocycles. The third kappa shape index (κ3) is 4.73. The third-order valence-corrected chi connectivity index (χ3v) is 3.86. The molecule has 112 valence electrons. The van der Waals surface area contributed by atoms with Gasteiger partial charge in [0.15, 0.2) is 0 Å². The molecule has 1 aromatic carbocycles. The first-order valence-corrected chi connectivity index (χ1v) is 7.63. The summed E-state index contributed by atoms with van der Waals surface area (Å²) in [6.07, 6.45) is -0.835. The molecule has 0 bridgehead atoms. The van der Waals surface area contributed by atoms with Crippen LogP contribution in [0, 0.1) is 6.92 Å². The summed E-state index contributed by atoms with van der Waals surface area (Å²) in [5.41, 5.74) is 0.594. The number of nitrogens with one attached hydrogen (secondary N) is 2. The highest BCUT2D eigenvalue weighted by Gasteiger charge is 2.13. The summed E-state index contributed by atoms with van der Waals surface area (Å²) >= 11 is 7.21. The quantitative estimate of drug-likeness (QED) is 0.703. The second-order valence-electron chi connectivity index (χ2n) is 4.33. The summed E-state index contributed by atoms with van der Waals surface area (Å²) in [4.78, 5) is 15.8. The van der Waals surface area contributed by atoms with Gasteiger partial charge in [0.25, 0.3) is 0 Å². The van der Waals surface area contributed by atoms with Crippen molar-refractivity contribution in [3.63, 3.8) is 0 Å². The van der Waals surface area contributed by atoms with Crippen molar-refractivity contribution in [2.75, 3.05) is 12.3 Å². The predicted molar refractivity (Wildman–Crippen MR) is 81.3 cm³/mol. The number of hydrogen-bond donors (Lipinski definition) is 3. The lowest BCUT2D eigenvalue weighted by atomic mass is 10.1. The van der Waals surface area contributed by atoms with Crippen LogP contribution in [0.1, 0.15) is 17.5 Å². The molecule has 0 aliphatic rings. The number of H-pyrrole nitrogens is 1. The highest BCUT2D eigenvalue weighted by molar-refractivity contribution is 7.99. The van der Waals surface area contributed by atoms with Gasteiger partial charge < -0.3 is 10.4 Å². The number of thioether (sulfide) groups is 1. The Morgan fingerprint density at radius 2 is 2.29 bits per heavy atom. The van der Waals surface area contributed by atoms with Gasteiger partial charge >= 0.3 is 0 Å². The molecule has 1 atom stereocenters. The molecule has 21 heavy (non-hydrogen) atoms. The van der Waals surface area contributed by atoms with Gasteiger partial charge in [-0.05, 0) is 13.0 Å². The van der Waals surface area contributed by atoms with Crippen molar-refractivity contribution in [2.45, 2.75) is 18.2 Å². The van der Waals surface area contributed by atoms with Crippen LogP contribution in [0.15, 0.2) is 29.4 Å². The average molecular weight is 327 g/mol. The minimum absolute atomic E-state index is 0.107. The van der Waals surface area contributed by atoms with Crippen molar-refractivity contribution in [1.29, 1.82) is 0 Å². The van der Waals surface area contributed by atoms with Crippen LogP contribution in [0.25, 0.3) is 0 Å². The number of amides is 1. The molecule has 0 aliphatic carbocycles. The van der Waals surface area contributed by atoms with Crippen LogP contribution >= 0.6 is 23.4 Å². The van der Waals surface area contributed by atoms with E-state index in [1.165, 1.54) is 11.8 Å². The van der Waals surface area contributed by atoms with Crippen LogP contribution < -0.4 is 5.32 Å². The number of aliphatic hydroxyl groups is 1. The number of aliphatic hydroxyl groups excluding tert-OH is 1. The molecule has 1 heterocycles. The number of hydrogen-bond acceptors (Lipinski definition) is 5. The van der Waals surface area contributed by atoms with Gasteiger partial charge in [-0.2, -0.15) is 0 Å². The van der Waals surface area contributed by atoms with Gasteiger partial charge in [0, 0.05) is 17.1 Å². The highest BCUT2D eigenvalue weighted by atomic mass is 35.5. The van der Waals surface area contributed by atoms with Crippen molar-refractivity contribution in [2.24, 2.45) is 0 Å². The number of aromatic nitrogens is 3. The molecule has 0 unspecified atom stereocenters. The van der Waals surface area contributed by atoms with Crippen molar-refractivity contribution in [3.05, 3.63) is 40.7 Å². The van der Waals surface area contributed by atoms with Crippen LogP contribution in [0.3, 0.4) is 0 Å². The second kappa shape index (κ2) is 7.44. The summed E-state index contributed by atoms with van der Waals surface area (Å²) in [7, 11) is 0. The van der Waals surface area contributed by atoms with Crippen molar-refractivity contribution in [1.82, 2.24) is 20.5 Å². The van der Waals surface area contributed by atoms with E-state index in [9.17, 15) is 9.90 Å². The van der Waals surface area contributed by atoms with Gasteiger partial charge in [-0.3, -0.25) is 9.89 Å². The molecular formula is C13H15ClN4O2S. The summed E-state index contributed by atoms with van der Waals surface area (Å²) < 4.78 is 0. The highest BCUT2D eigenvalue weighted by Crippen LogP contribution is 2.21. The Kier molecular flexibility index (Phi) is 5.60. The van der Waals surface area contributed by atoms with Gasteiger partial charge in [-0.15, -0.1) is 5.10 Å². The molecule has 0 spiro atoms. The first-order valence-electron chi connectivity index (χ1n) is 6.27. The van der Waals surface area contributed by atoms with Gasteiger partial charge in [0.1, 0.15) is 5.82 Å². The standard InChI is InChI=1S/C13H15ClN4O2S/c1-8-16-13(18-17-8)21-7-12(20)15-6-11(19)9-4-2-3-5-10(9)14/h2-5,11,19H,6-7H2,1H3,(H,15,20)(H,16,17,18)/t11-/m0/s1. The fourth-order valence-corrected chi connectivity index (χ4v) is 2.57. The Balaban J connectivity index is 1.77. The Morgan fingerprint density at radius 3 is 2.95 bits per heavy atom. The summed E-state index contributed by atoms with van der Waals surface area (Å²) in [6, 6.07) is 6.99. The van der Waals surface area contributed by atoms with Gasteiger partial charge in [-0.25, -0.2) is 4.98 Å². The van der Waals surface area contributed by atoms with Gasteiger partial charge in [0.2, 0.25) is 11.1 Å². The van der Waals surface area contributed by atoms with E-state index in [0.717, 1.165) is 0 Å². The van der Waals surface area contributed by atoms with Crippen LogP contribution in [0.4, 0.5) is 0 Å². The van der Waals surface area contributed by atoms with Gasteiger partial charge in [-0.1, -0.05) is 41.6 Å². The summed E-state index contributed by atoms with van der Waals surface area (Å²) in [6.45, 7) is 1.90. The minimum atomic E-state index is -0.835. The van der Waals surface area contributed by atoms with Crippen LogP contribution in [-0.2, 0) is 4.79 Å². The van der Waals surface area contributed by atoms with E-state index in [4.69, 9.17) is 11.6 Å². The number of nitrogens with zero attached hydrogens (tertiary/aromatic N) is 2. The number of benzene rings is 1. The van der Waals surface area contributed by atoms with E-state index in [2.05, 4.69) is 20.5 Å². The maximum Gasteiger partial charge on any atom is 0.230 e. The Hall–Kier alpha value is -1.57. The molecule has 0 saturated carbocycles. The number of aryl methyl sites for hydroxylation is 1. The molecular weight excluding hydrogens is 312 g/mol. The maximum absolute atomic E-state index is 11.7. The molecule has 2 aromatic rings. The first-order chi connectivity index (χ1) is 10.1. The average Bonchev–Trinajstić information content (AvgIpc) is 2.89. The monoisotopic (exact) mass is 326 g/mol. The molecule has 0 fully saturated rings. The molecule has 1 aromatic heterocycles. The summed E-state index contributed by atoms with van der Waals surface area (Å²) in [5, 5.41) is 20.3. The van der Waals surface area contributed by atoms with Crippen LogP contribution in [-0.4, -0.2) is 38.5 Å². The van der Waals surface area contributed by atoms with E-state index in [-0.39, 0.29) is 18.2 Å². The maximum atomic E-state index is 11.7. The second-order valence-corrected chi connectivity index (χ2v) is 5.68. The minimum Gasteiger partial charge on any atom is -0.387 e. The smallest absolute Gasteiger partial charge is 0.230 e. The topological polar surface area (TPSA) is 90.9 Å². The molecule has 0 radical (unpaired) electrons. The zero-order chi connectivity index (χ0) is 15.2. The van der Waals surface area contributed by atoms with E-state index < -0.39 is 6.10 Å². The Labute approximate surface area is 131 Å².